The third-order valence-electron chi connectivity index (χ3n) is 4.03. The normalized spacial score (nSPS) is 14.2. The Hall–Kier alpha value is -1.98. The minimum absolute atomic E-state index is 0.0970. The van der Waals surface area contributed by atoms with E-state index in [1.54, 1.807) is 5.38 Å². The van der Waals surface area contributed by atoms with Gasteiger partial charge in [-0.2, -0.15) is 5.26 Å². The Kier molecular flexibility index (Phi) is 4.56. The average molecular weight is 363 g/mol. The molecule has 1 aliphatic carbocycles. The van der Waals surface area contributed by atoms with E-state index < -0.39 is 9.84 Å². The molecule has 1 aliphatic rings. The van der Waals surface area contributed by atoms with Crippen molar-refractivity contribution in [3.05, 3.63) is 49.3 Å². The molecule has 0 atom stereocenters. The van der Waals surface area contributed by atoms with Gasteiger partial charge >= 0.3 is 0 Å². The number of rotatable bonds is 4. The van der Waals surface area contributed by atoms with Crippen LogP contribution in [0.15, 0.2) is 16.4 Å². The van der Waals surface area contributed by atoms with Crippen LogP contribution in [-0.2, 0) is 35.0 Å². The lowest BCUT2D eigenvalue weighted by molar-refractivity contribution is 0.601. The monoisotopic (exact) mass is 363 g/mol. The molecule has 0 saturated heterocycles. The second kappa shape index (κ2) is 6.49. The standard InChI is InChI=1S/C16H17N3O3S2/c1-24(21,22)10-15-18-12(9-23-15)8-19-7-11-4-2-3-5-13(11)14(6-17)16(19)20/h7,9H,2-5,8,10H2,1H3. The lowest BCUT2D eigenvalue weighted by Crippen LogP contribution is -2.27. The summed E-state index contributed by atoms with van der Waals surface area (Å²) >= 11 is 1.27. The van der Waals surface area contributed by atoms with Crippen molar-refractivity contribution in [2.75, 3.05) is 6.26 Å². The summed E-state index contributed by atoms with van der Waals surface area (Å²) < 4.78 is 24.2. The van der Waals surface area contributed by atoms with Crippen LogP contribution in [0.4, 0.5) is 0 Å². The highest BCUT2D eigenvalue weighted by atomic mass is 32.2. The summed E-state index contributed by atoms with van der Waals surface area (Å²) in [6.45, 7) is 0.251. The van der Waals surface area contributed by atoms with E-state index in [0.29, 0.717) is 10.7 Å². The molecule has 0 unspecified atom stereocenters. The lowest BCUT2D eigenvalue weighted by atomic mass is 9.90. The van der Waals surface area contributed by atoms with Gasteiger partial charge in [-0.15, -0.1) is 11.3 Å². The molecular formula is C16H17N3O3S2. The van der Waals surface area contributed by atoms with E-state index in [-0.39, 0.29) is 23.4 Å². The first-order valence-corrected chi connectivity index (χ1v) is 10.6. The molecule has 0 aliphatic heterocycles. The zero-order valence-corrected chi connectivity index (χ0v) is 14.9. The third-order valence-corrected chi connectivity index (χ3v) is 5.91. The van der Waals surface area contributed by atoms with Crippen molar-refractivity contribution in [3.8, 4) is 6.07 Å². The Balaban J connectivity index is 1.94. The first kappa shape index (κ1) is 16.9. The van der Waals surface area contributed by atoms with Crippen LogP contribution in [0, 0.1) is 11.3 Å². The first-order chi connectivity index (χ1) is 11.4. The predicted octanol–water partition coefficient (Wildman–Crippen LogP) is 1.65. The van der Waals surface area contributed by atoms with Crippen LogP contribution >= 0.6 is 11.3 Å². The molecule has 0 aromatic carbocycles. The zero-order chi connectivity index (χ0) is 17.3. The fourth-order valence-electron chi connectivity index (χ4n) is 3.00. The van der Waals surface area contributed by atoms with E-state index in [4.69, 9.17) is 0 Å². The Morgan fingerprint density at radius 2 is 2.12 bits per heavy atom. The number of aromatic nitrogens is 2. The molecule has 3 rings (SSSR count). The molecular weight excluding hydrogens is 346 g/mol. The number of aryl methyl sites for hydroxylation is 1. The lowest BCUT2D eigenvalue weighted by Gasteiger charge is -2.18. The van der Waals surface area contributed by atoms with Gasteiger partial charge in [0.25, 0.3) is 5.56 Å². The molecule has 126 valence electrons. The van der Waals surface area contributed by atoms with E-state index in [1.165, 1.54) is 22.2 Å². The van der Waals surface area contributed by atoms with Gasteiger partial charge in [0.2, 0.25) is 0 Å². The second-order valence-corrected chi connectivity index (χ2v) is 9.15. The van der Waals surface area contributed by atoms with Crippen molar-refractivity contribution in [2.45, 2.75) is 38.0 Å². The maximum Gasteiger partial charge on any atom is 0.269 e. The highest BCUT2D eigenvalue weighted by Crippen LogP contribution is 2.22. The van der Waals surface area contributed by atoms with Crippen LogP contribution in [0.5, 0.6) is 0 Å². The number of hydrogen-bond acceptors (Lipinski definition) is 6. The Morgan fingerprint density at radius 1 is 1.38 bits per heavy atom. The zero-order valence-electron chi connectivity index (χ0n) is 13.3. The number of thiazole rings is 1. The predicted molar refractivity (Wildman–Crippen MR) is 91.8 cm³/mol. The van der Waals surface area contributed by atoms with Crippen LogP contribution in [-0.4, -0.2) is 24.2 Å². The maximum absolute atomic E-state index is 12.5. The van der Waals surface area contributed by atoms with Crippen molar-refractivity contribution < 1.29 is 8.42 Å². The van der Waals surface area contributed by atoms with Gasteiger partial charge < -0.3 is 4.57 Å². The van der Waals surface area contributed by atoms with Crippen molar-refractivity contribution in [1.82, 2.24) is 9.55 Å². The van der Waals surface area contributed by atoms with E-state index in [2.05, 4.69) is 11.1 Å². The number of nitrogens with zero attached hydrogens (tertiary/aromatic N) is 3. The Labute approximate surface area is 144 Å². The number of nitriles is 1. The highest BCUT2D eigenvalue weighted by Gasteiger charge is 2.19. The average Bonchev–Trinajstić information content (AvgIpc) is 2.93. The maximum atomic E-state index is 12.5. The van der Waals surface area contributed by atoms with E-state index in [9.17, 15) is 18.5 Å². The minimum Gasteiger partial charge on any atom is -0.308 e. The van der Waals surface area contributed by atoms with E-state index in [1.807, 2.05) is 6.20 Å². The summed E-state index contributed by atoms with van der Waals surface area (Å²) in [5.41, 5.74) is 2.53. The van der Waals surface area contributed by atoms with Crippen LogP contribution in [0.1, 0.15) is 40.2 Å². The van der Waals surface area contributed by atoms with Gasteiger partial charge in [0.05, 0.1) is 12.2 Å². The molecule has 6 nitrogen and oxygen atoms in total. The molecule has 0 bridgehead atoms. The van der Waals surface area contributed by atoms with E-state index in [0.717, 1.165) is 36.8 Å². The Morgan fingerprint density at radius 3 is 2.83 bits per heavy atom. The van der Waals surface area contributed by atoms with Crippen LogP contribution in [0.3, 0.4) is 0 Å². The number of sulfone groups is 1. The number of hydrogen-bond donors (Lipinski definition) is 0. The van der Waals surface area contributed by atoms with Crippen molar-refractivity contribution in [3.63, 3.8) is 0 Å². The largest absolute Gasteiger partial charge is 0.308 e. The SMILES string of the molecule is CS(=O)(=O)Cc1nc(Cn2cc3c(c(C#N)c2=O)CCCC3)cs1. The van der Waals surface area contributed by atoms with Crippen molar-refractivity contribution in [1.29, 1.82) is 5.26 Å². The molecule has 24 heavy (non-hydrogen) atoms. The van der Waals surface area contributed by atoms with Gasteiger partial charge in [-0.05, 0) is 36.8 Å². The quantitative estimate of drug-likeness (QED) is 0.823. The summed E-state index contributed by atoms with van der Waals surface area (Å²) in [4.78, 5) is 16.8. The Bertz CT molecular complexity index is 981. The number of pyridine rings is 1. The fourth-order valence-corrected chi connectivity index (χ4v) is 4.99. The summed E-state index contributed by atoms with van der Waals surface area (Å²) in [5, 5.41) is 11.6. The highest BCUT2D eigenvalue weighted by molar-refractivity contribution is 7.90. The number of fused-ring (bicyclic) bond motifs is 1. The second-order valence-electron chi connectivity index (χ2n) is 6.06. The summed E-state index contributed by atoms with van der Waals surface area (Å²) in [6, 6.07) is 2.06. The van der Waals surface area contributed by atoms with Gasteiger partial charge in [-0.3, -0.25) is 4.79 Å². The molecule has 2 heterocycles. The van der Waals surface area contributed by atoms with Crippen LogP contribution < -0.4 is 5.56 Å². The summed E-state index contributed by atoms with van der Waals surface area (Å²) in [6.07, 6.45) is 6.72. The van der Waals surface area contributed by atoms with Crippen molar-refractivity contribution >= 4 is 21.2 Å². The molecule has 2 aromatic heterocycles. The van der Waals surface area contributed by atoms with Crippen LogP contribution in [0.2, 0.25) is 0 Å². The summed E-state index contributed by atoms with van der Waals surface area (Å²) in [5.74, 6) is -0.0970. The van der Waals surface area contributed by atoms with Gasteiger partial charge in [-0.25, -0.2) is 13.4 Å². The van der Waals surface area contributed by atoms with Crippen molar-refractivity contribution in [2.24, 2.45) is 0 Å². The van der Waals surface area contributed by atoms with Crippen LogP contribution in [0.25, 0.3) is 0 Å². The topological polar surface area (TPSA) is 92.8 Å². The smallest absolute Gasteiger partial charge is 0.269 e. The molecule has 0 radical (unpaired) electrons. The molecule has 0 spiro atoms. The minimum atomic E-state index is -3.13. The molecule has 2 aromatic rings. The molecule has 0 N–H and O–H groups in total. The van der Waals surface area contributed by atoms with E-state index >= 15 is 0 Å². The summed E-state index contributed by atoms with van der Waals surface area (Å²) in [7, 11) is -3.13. The molecule has 8 heteroatoms. The first-order valence-electron chi connectivity index (χ1n) is 7.63. The third kappa shape index (κ3) is 3.57. The molecule has 0 saturated carbocycles. The van der Waals surface area contributed by atoms with Gasteiger partial charge in [0.1, 0.15) is 22.4 Å². The van der Waals surface area contributed by atoms with Gasteiger partial charge in [-0.1, -0.05) is 0 Å². The molecule has 0 amide bonds. The van der Waals surface area contributed by atoms with Gasteiger partial charge in [0.15, 0.2) is 9.84 Å². The van der Waals surface area contributed by atoms with Gasteiger partial charge in [0, 0.05) is 17.8 Å². The fraction of sp³-hybridized carbons (Fsp3) is 0.438. The molecule has 0 fully saturated rings.